The van der Waals surface area contributed by atoms with E-state index < -0.39 is 0 Å². The molecule has 30 heavy (non-hydrogen) atoms. The number of likely N-dealkylation sites (N-methyl/N-ethyl adjacent to an activating group) is 1. The highest BCUT2D eigenvalue weighted by molar-refractivity contribution is 6.31. The molecule has 1 fully saturated rings. The molecule has 4 rings (SSSR count). The first kappa shape index (κ1) is 21.0. The van der Waals surface area contributed by atoms with Crippen LogP contribution in [0.15, 0.2) is 53.6 Å². The number of aryl methyl sites for hydroxylation is 1. The van der Waals surface area contributed by atoms with Gasteiger partial charge in [-0.2, -0.15) is 5.10 Å². The van der Waals surface area contributed by atoms with Gasteiger partial charge >= 0.3 is 0 Å². The Labute approximate surface area is 183 Å². The summed E-state index contributed by atoms with van der Waals surface area (Å²) in [7, 11) is 0. The number of hydrogen-bond donors (Lipinski definition) is 0. The summed E-state index contributed by atoms with van der Waals surface area (Å²) in [5, 5.41) is 7.14. The molecule has 5 nitrogen and oxygen atoms in total. The summed E-state index contributed by atoms with van der Waals surface area (Å²) in [5.41, 5.74) is 4.15. The van der Waals surface area contributed by atoms with Gasteiger partial charge in [0.1, 0.15) is 0 Å². The number of nitrogens with zero attached hydrogens (tertiary/aromatic N) is 4. The molecule has 6 heteroatoms. The molecule has 1 amide bonds. The van der Waals surface area contributed by atoms with Crippen LogP contribution in [0.5, 0.6) is 0 Å². The Balaban J connectivity index is 1.56. The van der Waals surface area contributed by atoms with Crippen molar-refractivity contribution in [1.29, 1.82) is 0 Å². The molecule has 1 atom stereocenters. The number of hydrazone groups is 1. The minimum atomic E-state index is -0.167. The molecule has 2 aromatic rings. The van der Waals surface area contributed by atoms with E-state index in [2.05, 4.69) is 47.9 Å². The van der Waals surface area contributed by atoms with Gasteiger partial charge in [-0.05, 0) is 30.7 Å². The van der Waals surface area contributed by atoms with Gasteiger partial charge in [-0.3, -0.25) is 9.69 Å². The van der Waals surface area contributed by atoms with Crippen molar-refractivity contribution in [3.8, 4) is 0 Å². The maximum Gasteiger partial charge on any atom is 0.257 e. The van der Waals surface area contributed by atoms with Gasteiger partial charge in [0.05, 0.1) is 18.3 Å². The van der Waals surface area contributed by atoms with Crippen LogP contribution in [0.25, 0.3) is 0 Å². The molecule has 0 N–H and O–H groups in total. The second-order valence-corrected chi connectivity index (χ2v) is 8.51. The highest BCUT2D eigenvalue weighted by Crippen LogP contribution is 2.36. The Morgan fingerprint density at radius 1 is 1.03 bits per heavy atom. The quantitative estimate of drug-likeness (QED) is 0.729. The average Bonchev–Trinajstić information content (AvgIpc) is 3.20. The molecule has 0 spiro atoms. The van der Waals surface area contributed by atoms with Crippen LogP contribution in [0.3, 0.4) is 0 Å². The fraction of sp³-hybridized carbons (Fsp3) is 0.417. The average molecular weight is 425 g/mol. The topological polar surface area (TPSA) is 39.1 Å². The van der Waals surface area contributed by atoms with Gasteiger partial charge in [0.2, 0.25) is 0 Å². The first-order valence-electron chi connectivity index (χ1n) is 10.7. The van der Waals surface area contributed by atoms with Gasteiger partial charge in [0.15, 0.2) is 0 Å². The molecule has 2 aliphatic rings. The Bertz CT molecular complexity index is 919. The highest BCUT2D eigenvalue weighted by Gasteiger charge is 2.35. The maximum atomic E-state index is 13.3. The van der Waals surface area contributed by atoms with Gasteiger partial charge in [-0.1, -0.05) is 66.6 Å². The lowest BCUT2D eigenvalue weighted by Crippen LogP contribution is -2.49. The Morgan fingerprint density at radius 3 is 2.37 bits per heavy atom. The summed E-state index contributed by atoms with van der Waals surface area (Å²) in [6.45, 7) is 9.56. The third kappa shape index (κ3) is 4.59. The summed E-state index contributed by atoms with van der Waals surface area (Å²) in [5.74, 6) is 0.0342. The summed E-state index contributed by atoms with van der Waals surface area (Å²) in [6.07, 6.45) is 0.669. The molecule has 0 bridgehead atoms. The van der Waals surface area contributed by atoms with Crippen LogP contribution in [-0.2, 0) is 4.79 Å². The molecule has 0 aliphatic carbocycles. The SMILES string of the molecule is CCN1CCN(CC(=O)N2N=C(c3ccc(C)cc3)CC2c2ccccc2Cl)CC1. The van der Waals surface area contributed by atoms with Crippen LogP contribution >= 0.6 is 11.6 Å². The van der Waals surface area contributed by atoms with Crippen molar-refractivity contribution in [3.05, 3.63) is 70.2 Å². The number of halogens is 1. The van der Waals surface area contributed by atoms with Gasteiger partial charge in [-0.25, -0.2) is 5.01 Å². The Hall–Kier alpha value is -2.21. The van der Waals surface area contributed by atoms with Gasteiger partial charge in [0.25, 0.3) is 5.91 Å². The zero-order valence-electron chi connectivity index (χ0n) is 17.7. The number of carbonyl (C=O) groups is 1. The second-order valence-electron chi connectivity index (χ2n) is 8.10. The van der Waals surface area contributed by atoms with E-state index in [0.717, 1.165) is 49.6 Å². The van der Waals surface area contributed by atoms with Crippen LogP contribution in [0.1, 0.15) is 36.1 Å². The van der Waals surface area contributed by atoms with E-state index in [1.165, 1.54) is 5.56 Å². The fourth-order valence-corrected chi connectivity index (χ4v) is 4.44. The van der Waals surface area contributed by atoms with Crippen molar-refractivity contribution < 1.29 is 4.79 Å². The summed E-state index contributed by atoms with van der Waals surface area (Å²) >= 11 is 6.51. The monoisotopic (exact) mass is 424 g/mol. The summed E-state index contributed by atoms with van der Waals surface area (Å²) in [4.78, 5) is 18.0. The van der Waals surface area contributed by atoms with Crippen molar-refractivity contribution in [2.24, 2.45) is 5.10 Å². The number of piperazine rings is 1. The van der Waals surface area contributed by atoms with E-state index in [4.69, 9.17) is 16.7 Å². The van der Waals surface area contributed by atoms with Gasteiger partial charge in [-0.15, -0.1) is 0 Å². The number of hydrogen-bond acceptors (Lipinski definition) is 4. The second kappa shape index (κ2) is 9.29. The molecule has 1 saturated heterocycles. The lowest BCUT2D eigenvalue weighted by Gasteiger charge is -2.34. The van der Waals surface area contributed by atoms with Crippen molar-refractivity contribution >= 4 is 23.2 Å². The zero-order valence-corrected chi connectivity index (χ0v) is 18.5. The van der Waals surface area contributed by atoms with Crippen molar-refractivity contribution in [3.63, 3.8) is 0 Å². The fourth-order valence-electron chi connectivity index (χ4n) is 4.18. The minimum absolute atomic E-state index is 0.0342. The highest BCUT2D eigenvalue weighted by atomic mass is 35.5. The molecular weight excluding hydrogens is 396 g/mol. The normalized spacial score (nSPS) is 20.4. The lowest BCUT2D eigenvalue weighted by molar-refractivity contribution is -0.134. The Kier molecular flexibility index (Phi) is 6.52. The zero-order chi connectivity index (χ0) is 21.1. The van der Waals surface area contributed by atoms with Crippen molar-refractivity contribution in [2.45, 2.75) is 26.3 Å². The van der Waals surface area contributed by atoms with E-state index in [1.54, 1.807) is 5.01 Å². The summed E-state index contributed by atoms with van der Waals surface area (Å²) < 4.78 is 0. The van der Waals surface area contributed by atoms with Crippen LogP contribution < -0.4 is 0 Å². The first-order valence-corrected chi connectivity index (χ1v) is 11.1. The molecule has 2 aliphatic heterocycles. The summed E-state index contributed by atoms with van der Waals surface area (Å²) in [6, 6.07) is 15.9. The van der Waals surface area contributed by atoms with Crippen LogP contribution in [0.4, 0.5) is 0 Å². The number of carbonyl (C=O) groups excluding carboxylic acids is 1. The van der Waals surface area contributed by atoms with Crippen LogP contribution in [0, 0.1) is 6.92 Å². The first-order chi connectivity index (χ1) is 14.5. The number of rotatable bonds is 5. The largest absolute Gasteiger partial charge is 0.301 e. The number of amides is 1. The molecule has 158 valence electrons. The third-order valence-corrected chi connectivity index (χ3v) is 6.43. The van der Waals surface area contributed by atoms with Crippen molar-refractivity contribution in [1.82, 2.24) is 14.8 Å². The standard InChI is InChI=1S/C24H29ClN4O/c1-3-27-12-14-28(15-13-27)17-24(30)29-23(20-6-4-5-7-21(20)25)16-22(26-29)19-10-8-18(2)9-11-19/h4-11,23H,3,12-17H2,1-2H3. The predicted molar refractivity (Wildman–Crippen MR) is 122 cm³/mol. The predicted octanol–water partition coefficient (Wildman–Crippen LogP) is 3.96. The molecule has 2 heterocycles. The third-order valence-electron chi connectivity index (χ3n) is 6.09. The minimum Gasteiger partial charge on any atom is -0.301 e. The molecule has 2 aromatic carbocycles. The molecule has 0 aromatic heterocycles. The lowest BCUT2D eigenvalue weighted by atomic mass is 9.98. The van der Waals surface area contributed by atoms with Crippen LogP contribution in [0.2, 0.25) is 5.02 Å². The molecular formula is C24H29ClN4O. The number of benzene rings is 2. The smallest absolute Gasteiger partial charge is 0.257 e. The van der Waals surface area contributed by atoms with E-state index in [9.17, 15) is 4.79 Å². The van der Waals surface area contributed by atoms with E-state index in [1.807, 2.05) is 24.3 Å². The van der Waals surface area contributed by atoms with Crippen molar-refractivity contribution in [2.75, 3.05) is 39.3 Å². The molecule has 0 saturated carbocycles. The van der Waals surface area contributed by atoms with E-state index in [-0.39, 0.29) is 11.9 Å². The van der Waals surface area contributed by atoms with E-state index in [0.29, 0.717) is 18.0 Å². The van der Waals surface area contributed by atoms with Crippen LogP contribution in [-0.4, -0.2) is 65.7 Å². The Morgan fingerprint density at radius 2 is 1.70 bits per heavy atom. The van der Waals surface area contributed by atoms with Gasteiger partial charge < -0.3 is 4.90 Å². The van der Waals surface area contributed by atoms with Gasteiger partial charge in [0, 0.05) is 37.6 Å². The van der Waals surface area contributed by atoms with E-state index >= 15 is 0 Å². The molecule has 0 radical (unpaired) electrons. The molecule has 1 unspecified atom stereocenters. The maximum absolute atomic E-state index is 13.3.